The Bertz CT molecular complexity index is 118. The molecular formula is C13H26. The summed E-state index contributed by atoms with van der Waals surface area (Å²) in [4.78, 5) is 0. The molecule has 0 N–H and O–H groups in total. The first-order valence-electron chi connectivity index (χ1n) is 6.33. The third-order valence-electron chi connectivity index (χ3n) is 3.97. The van der Waals surface area contributed by atoms with Crippen molar-refractivity contribution in [1.29, 1.82) is 0 Å². The minimum atomic E-state index is 0.756. The highest BCUT2D eigenvalue weighted by Gasteiger charge is 2.27. The first-order chi connectivity index (χ1) is 6.33. The normalized spacial score (nSPS) is 22.6. The van der Waals surface area contributed by atoms with Gasteiger partial charge in [-0.15, -0.1) is 0 Å². The largest absolute Gasteiger partial charge is 0.0654 e. The highest BCUT2D eigenvalue weighted by atomic mass is 14.3. The summed E-state index contributed by atoms with van der Waals surface area (Å²) in [6.45, 7) is 4.72. The van der Waals surface area contributed by atoms with Crippen LogP contribution in [-0.2, 0) is 0 Å². The molecule has 0 radical (unpaired) electrons. The lowest BCUT2D eigenvalue weighted by atomic mass is 9.74. The number of rotatable bonds is 4. The van der Waals surface area contributed by atoms with Crippen molar-refractivity contribution in [2.75, 3.05) is 0 Å². The van der Waals surface area contributed by atoms with Crippen LogP contribution in [0.4, 0.5) is 0 Å². The van der Waals surface area contributed by atoms with Gasteiger partial charge in [0.15, 0.2) is 0 Å². The second-order valence-corrected chi connectivity index (χ2v) is 4.87. The Labute approximate surface area is 84.1 Å². The number of hydrogen-bond donors (Lipinski definition) is 0. The first-order valence-corrected chi connectivity index (χ1v) is 6.33. The minimum Gasteiger partial charge on any atom is -0.0654 e. The van der Waals surface area contributed by atoms with Crippen molar-refractivity contribution < 1.29 is 0 Å². The average molecular weight is 182 g/mol. The van der Waals surface area contributed by atoms with Crippen molar-refractivity contribution in [3.05, 3.63) is 0 Å². The van der Waals surface area contributed by atoms with Gasteiger partial charge in [-0.25, -0.2) is 0 Å². The predicted octanol–water partition coefficient (Wildman–Crippen LogP) is 4.93. The molecule has 78 valence electrons. The topological polar surface area (TPSA) is 0 Å². The van der Waals surface area contributed by atoms with E-state index in [4.69, 9.17) is 0 Å². The summed E-state index contributed by atoms with van der Waals surface area (Å²) in [5.41, 5.74) is 0.756. The molecule has 0 spiro atoms. The van der Waals surface area contributed by atoms with Crippen LogP contribution >= 0.6 is 0 Å². The molecule has 0 unspecified atom stereocenters. The maximum absolute atomic E-state index is 2.40. The molecule has 0 aromatic carbocycles. The third kappa shape index (κ3) is 3.32. The minimum absolute atomic E-state index is 0.756. The second-order valence-electron chi connectivity index (χ2n) is 4.87. The zero-order valence-electron chi connectivity index (χ0n) is 9.57. The van der Waals surface area contributed by atoms with E-state index >= 15 is 0 Å². The standard InChI is InChI=1S/C13H26/c1-3-5-10-13(4-2)11-8-6-7-9-12-13/h3-12H2,1-2H3. The molecule has 1 aliphatic carbocycles. The zero-order valence-corrected chi connectivity index (χ0v) is 9.57. The molecule has 0 bridgehead atoms. The van der Waals surface area contributed by atoms with Gasteiger partial charge in [-0.3, -0.25) is 0 Å². The lowest BCUT2D eigenvalue weighted by molar-refractivity contribution is 0.206. The molecule has 0 atom stereocenters. The molecule has 1 saturated carbocycles. The van der Waals surface area contributed by atoms with Crippen LogP contribution in [0.15, 0.2) is 0 Å². The van der Waals surface area contributed by atoms with E-state index in [0.717, 1.165) is 5.41 Å². The van der Waals surface area contributed by atoms with E-state index in [-0.39, 0.29) is 0 Å². The van der Waals surface area contributed by atoms with Gasteiger partial charge in [0.2, 0.25) is 0 Å². The molecular weight excluding hydrogens is 156 g/mol. The van der Waals surface area contributed by atoms with E-state index in [9.17, 15) is 0 Å². The summed E-state index contributed by atoms with van der Waals surface area (Å²) in [6.07, 6.45) is 14.8. The van der Waals surface area contributed by atoms with Crippen molar-refractivity contribution in [2.24, 2.45) is 5.41 Å². The smallest absolute Gasteiger partial charge is 0.0300 e. The van der Waals surface area contributed by atoms with Crippen molar-refractivity contribution >= 4 is 0 Å². The van der Waals surface area contributed by atoms with E-state index in [1.54, 1.807) is 0 Å². The fourth-order valence-corrected chi connectivity index (χ4v) is 2.81. The van der Waals surface area contributed by atoms with E-state index < -0.39 is 0 Å². The van der Waals surface area contributed by atoms with Crippen molar-refractivity contribution in [1.82, 2.24) is 0 Å². The predicted molar refractivity (Wildman–Crippen MR) is 60.0 cm³/mol. The van der Waals surface area contributed by atoms with E-state index in [1.807, 2.05) is 0 Å². The average Bonchev–Trinajstić information content (AvgIpc) is 2.41. The highest BCUT2D eigenvalue weighted by Crippen LogP contribution is 2.41. The number of unbranched alkanes of at least 4 members (excludes halogenated alkanes) is 1. The van der Waals surface area contributed by atoms with Crippen LogP contribution in [0, 0.1) is 5.41 Å². The van der Waals surface area contributed by atoms with Gasteiger partial charge >= 0.3 is 0 Å². The molecule has 1 aliphatic rings. The zero-order chi connectivity index (χ0) is 9.57. The molecule has 0 saturated heterocycles. The molecule has 0 amide bonds. The Morgan fingerprint density at radius 2 is 1.54 bits per heavy atom. The van der Waals surface area contributed by atoms with Crippen molar-refractivity contribution in [3.8, 4) is 0 Å². The monoisotopic (exact) mass is 182 g/mol. The second kappa shape index (κ2) is 5.67. The lowest BCUT2D eigenvalue weighted by Gasteiger charge is -2.31. The van der Waals surface area contributed by atoms with Crippen LogP contribution in [0.25, 0.3) is 0 Å². The SMILES string of the molecule is CCCCC1(CC)CCCCCC1. The summed E-state index contributed by atoms with van der Waals surface area (Å²) in [6, 6.07) is 0. The van der Waals surface area contributed by atoms with Crippen LogP contribution in [0.5, 0.6) is 0 Å². The van der Waals surface area contributed by atoms with Gasteiger partial charge in [-0.2, -0.15) is 0 Å². The van der Waals surface area contributed by atoms with Crippen LogP contribution in [-0.4, -0.2) is 0 Å². The summed E-state index contributed by atoms with van der Waals surface area (Å²) in [7, 11) is 0. The molecule has 0 aromatic rings. The molecule has 0 aromatic heterocycles. The van der Waals surface area contributed by atoms with E-state index in [1.165, 1.54) is 64.2 Å². The van der Waals surface area contributed by atoms with Crippen LogP contribution in [0.2, 0.25) is 0 Å². The molecule has 0 heterocycles. The Kier molecular flexibility index (Phi) is 4.83. The van der Waals surface area contributed by atoms with Gasteiger partial charge in [-0.05, 0) is 24.7 Å². The molecule has 0 heteroatoms. The van der Waals surface area contributed by atoms with Gasteiger partial charge in [0.25, 0.3) is 0 Å². The molecule has 0 nitrogen and oxygen atoms in total. The van der Waals surface area contributed by atoms with Crippen molar-refractivity contribution in [2.45, 2.75) is 78.1 Å². The number of hydrogen-bond acceptors (Lipinski definition) is 0. The van der Waals surface area contributed by atoms with E-state index in [0.29, 0.717) is 0 Å². The molecule has 0 aliphatic heterocycles. The van der Waals surface area contributed by atoms with Crippen molar-refractivity contribution in [3.63, 3.8) is 0 Å². The quantitative estimate of drug-likeness (QED) is 0.541. The van der Waals surface area contributed by atoms with E-state index in [2.05, 4.69) is 13.8 Å². The molecule has 1 fully saturated rings. The Morgan fingerprint density at radius 1 is 0.923 bits per heavy atom. The fourth-order valence-electron chi connectivity index (χ4n) is 2.81. The first kappa shape index (κ1) is 11.1. The van der Waals surface area contributed by atoms with Gasteiger partial charge in [-0.1, -0.05) is 58.8 Å². The Balaban J connectivity index is 2.43. The summed E-state index contributed by atoms with van der Waals surface area (Å²) >= 11 is 0. The fraction of sp³-hybridized carbons (Fsp3) is 1.00. The van der Waals surface area contributed by atoms with Gasteiger partial charge in [0, 0.05) is 0 Å². The van der Waals surface area contributed by atoms with Gasteiger partial charge in [0.1, 0.15) is 0 Å². The highest BCUT2D eigenvalue weighted by molar-refractivity contribution is 4.80. The lowest BCUT2D eigenvalue weighted by Crippen LogP contribution is -2.18. The molecule has 13 heavy (non-hydrogen) atoms. The van der Waals surface area contributed by atoms with Gasteiger partial charge in [0.05, 0.1) is 0 Å². The van der Waals surface area contributed by atoms with Crippen LogP contribution in [0.1, 0.15) is 78.1 Å². The molecule has 1 rings (SSSR count). The Morgan fingerprint density at radius 3 is 2.00 bits per heavy atom. The summed E-state index contributed by atoms with van der Waals surface area (Å²) in [5, 5.41) is 0. The Hall–Kier alpha value is 0. The summed E-state index contributed by atoms with van der Waals surface area (Å²) in [5.74, 6) is 0. The van der Waals surface area contributed by atoms with Crippen LogP contribution < -0.4 is 0 Å². The maximum atomic E-state index is 2.40. The van der Waals surface area contributed by atoms with Crippen LogP contribution in [0.3, 0.4) is 0 Å². The summed E-state index contributed by atoms with van der Waals surface area (Å²) < 4.78 is 0. The maximum Gasteiger partial charge on any atom is -0.0300 e. The van der Waals surface area contributed by atoms with Gasteiger partial charge < -0.3 is 0 Å². The third-order valence-corrected chi connectivity index (χ3v) is 3.97.